The molecule has 0 aliphatic rings. The second-order valence-corrected chi connectivity index (χ2v) is 6.24. The Morgan fingerprint density at radius 2 is 2.07 bits per heavy atom. The third-order valence-corrected chi connectivity index (χ3v) is 4.13. The number of aromatic nitrogens is 1. The van der Waals surface area contributed by atoms with Gasteiger partial charge in [-0.2, -0.15) is 0 Å². The van der Waals surface area contributed by atoms with Crippen molar-refractivity contribution in [1.82, 2.24) is 15.6 Å². The highest BCUT2D eigenvalue weighted by Gasteiger charge is 2.23. The van der Waals surface area contributed by atoms with Gasteiger partial charge in [0.1, 0.15) is 11.8 Å². The van der Waals surface area contributed by atoms with Gasteiger partial charge in [-0.15, -0.1) is 0 Å². The first-order valence-corrected chi connectivity index (χ1v) is 8.43. The Hall–Kier alpha value is -3.27. The Morgan fingerprint density at radius 3 is 2.74 bits per heavy atom. The number of carbonyl (C=O) groups excluding carboxylic acids is 1. The van der Waals surface area contributed by atoms with E-state index in [1.165, 1.54) is 0 Å². The number of fused-ring (bicyclic) bond motifs is 1. The summed E-state index contributed by atoms with van der Waals surface area (Å²) in [5.74, 6) is -1.82. The lowest BCUT2D eigenvalue weighted by atomic mass is 10.0. The number of aliphatic carboxylic acids is 1. The van der Waals surface area contributed by atoms with E-state index < -0.39 is 24.0 Å². The summed E-state index contributed by atoms with van der Waals surface area (Å²) in [5, 5.41) is 31.7. The lowest BCUT2D eigenvalue weighted by Crippen LogP contribution is -2.49. The molecule has 10 nitrogen and oxygen atoms in total. The Kier molecular flexibility index (Phi) is 6.61. The van der Waals surface area contributed by atoms with Crippen molar-refractivity contribution in [3.63, 3.8) is 0 Å². The van der Waals surface area contributed by atoms with Gasteiger partial charge in [-0.25, -0.2) is 4.79 Å². The van der Waals surface area contributed by atoms with Crippen molar-refractivity contribution in [1.29, 1.82) is 5.41 Å². The molecule has 2 rings (SSSR count). The van der Waals surface area contributed by atoms with Crippen LogP contribution in [-0.4, -0.2) is 51.7 Å². The lowest BCUT2D eigenvalue weighted by Gasteiger charge is -2.18. The molecule has 2 atom stereocenters. The highest BCUT2D eigenvalue weighted by molar-refractivity contribution is 5.89. The van der Waals surface area contributed by atoms with Crippen molar-refractivity contribution in [2.75, 3.05) is 6.54 Å². The van der Waals surface area contributed by atoms with E-state index in [1.54, 1.807) is 24.4 Å². The van der Waals surface area contributed by atoms with Crippen LogP contribution in [0.1, 0.15) is 18.4 Å². The number of phenols is 1. The summed E-state index contributed by atoms with van der Waals surface area (Å²) < 4.78 is 0. The molecule has 146 valence electrons. The number of aromatic hydroxyl groups is 1. The first kappa shape index (κ1) is 20.0. The zero-order valence-corrected chi connectivity index (χ0v) is 14.7. The molecule has 1 aromatic heterocycles. The highest BCUT2D eigenvalue weighted by atomic mass is 16.4. The number of carbonyl (C=O) groups is 2. The maximum Gasteiger partial charge on any atom is 0.326 e. The van der Waals surface area contributed by atoms with E-state index in [0.717, 1.165) is 16.5 Å². The molecule has 1 heterocycles. The van der Waals surface area contributed by atoms with Crippen LogP contribution >= 0.6 is 0 Å². The number of nitrogens with two attached hydrogens (primary N) is 2. The summed E-state index contributed by atoms with van der Waals surface area (Å²) in [5.41, 5.74) is 12.6. The lowest BCUT2D eigenvalue weighted by molar-refractivity contribution is -0.142. The Morgan fingerprint density at radius 1 is 1.33 bits per heavy atom. The molecule has 1 aromatic carbocycles. The van der Waals surface area contributed by atoms with E-state index in [4.69, 9.17) is 16.9 Å². The number of benzene rings is 1. The normalized spacial score (nSPS) is 13.1. The Labute approximate surface area is 155 Å². The summed E-state index contributed by atoms with van der Waals surface area (Å²) in [6.45, 7) is 0.333. The maximum absolute atomic E-state index is 12.3. The molecular formula is C17H24N6O4. The number of carboxylic acid groups (broad SMARTS) is 1. The molecule has 0 fully saturated rings. The SMILES string of the molecule is N=C(N)NCCCC(NC(=O)C(N)Cc1c[nH]c2ccc(O)cc12)C(=O)O. The molecule has 0 saturated heterocycles. The summed E-state index contributed by atoms with van der Waals surface area (Å²) >= 11 is 0. The van der Waals surface area contributed by atoms with Crippen LogP contribution in [-0.2, 0) is 16.0 Å². The minimum absolute atomic E-state index is 0.103. The molecule has 2 aromatic rings. The second kappa shape index (κ2) is 8.90. The van der Waals surface area contributed by atoms with Gasteiger partial charge in [-0.1, -0.05) is 0 Å². The van der Waals surface area contributed by atoms with E-state index in [1.807, 2.05) is 0 Å². The number of rotatable bonds is 9. The Bertz CT molecular complexity index is 834. The minimum Gasteiger partial charge on any atom is -0.508 e. The average Bonchev–Trinajstić information content (AvgIpc) is 2.98. The largest absolute Gasteiger partial charge is 0.508 e. The zero-order valence-electron chi connectivity index (χ0n) is 14.7. The smallest absolute Gasteiger partial charge is 0.326 e. The van der Waals surface area contributed by atoms with Gasteiger partial charge in [0.25, 0.3) is 0 Å². The number of carboxylic acids is 1. The topological polar surface area (TPSA) is 190 Å². The van der Waals surface area contributed by atoms with E-state index in [0.29, 0.717) is 13.0 Å². The number of aromatic amines is 1. The fourth-order valence-corrected chi connectivity index (χ4v) is 2.73. The standard InChI is InChI=1S/C17H24N6O4/c18-12(6-9-8-22-13-4-3-10(24)7-11(9)13)15(25)23-14(16(26)27)2-1-5-21-17(19)20/h3-4,7-8,12,14,22,24H,1-2,5-6,18H2,(H,23,25)(H,26,27)(H4,19,20,21). The van der Waals surface area contributed by atoms with Crippen molar-refractivity contribution in [3.8, 4) is 5.75 Å². The zero-order chi connectivity index (χ0) is 20.0. The van der Waals surface area contributed by atoms with Crippen LogP contribution in [0, 0.1) is 5.41 Å². The molecule has 10 N–H and O–H groups in total. The average molecular weight is 376 g/mol. The van der Waals surface area contributed by atoms with Gasteiger partial charge in [0.2, 0.25) is 5.91 Å². The van der Waals surface area contributed by atoms with E-state index >= 15 is 0 Å². The molecule has 0 bridgehead atoms. The molecule has 2 unspecified atom stereocenters. The molecule has 0 radical (unpaired) electrons. The van der Waals surface area contributed by atoms with Crippen molar-refractivity contribution in [2.45, 2.75) is 31.3 Å². The molecular weight excluding hydrogens is 352 g/mol. The molecule has 10 heteroatoms. The minimum atomic E-state index is -1.16. The van der Waals surface area contributed by atoms with Crippen molar-refractivity contribution < 1.29 is 19.8 Å². The van der Waals surface area contributed by atoms with Crippen LogP contribution in [0.5, 0.6) is 5.75 Å². The van der Waals surface area contributed by atoms with Crippen molar-refractivity contribution in [3.05, 3.63) is 30.0 Å². The van der Waals surface area contributed by atoms with E-state index in [-0.39, 0.29) is 24.6 Å². The number of guanidine groups is 1. The van der Waals surface area contributed by atoms with Crippen LogP contribution in [0.3, 0.4) is 0 Å². The van der Waals surface area contributed by atoms with Crippen LogP contribution in [0.25, 0.3) is 10.9 Å². The maximum atomic E-state index is 12.3. The molecule has 0 aliphatic heterocycles. The van der Waals surface area contributed by atoms with Gasteiger partial charge < -0.3 is 37.3 Å². The quantitative estimate of drug-likeness (QED) is 0.165. The number of amides is 1. The van der Waals surface area contributed by atoms with Crippen molar-refractivity contribution in [2.24, 2.45) is 11.5 Å². The monoisotopic (exact) mass is 376 g/mol. The summed E-state index contributed by atoms with van der Waals surface area (Å²) in [4.78, 5) is 26.7. The van der Waals surface area contributed by atoms with E-state index in [9.17, 15) is 19.8 Å². The summed E-state index contributed by atoms with van der Waals surface area (Å²) in [7, 11) is 0. The first-order chi connectivity index (χ1) is 12.8. The van der Waals surface area contributed by atoms with Crippen LogP contribution in [0.15, 0.2) is 24.4 Å². The molecule has 0 saturated carbocycles. The van der Waals surface area contributed by atoms with Crippen LogP contribution in [0.4, 0.5) is 0 Å². The number of hydrogen-bond donors (Lipinski definition) is 8. The van der Waals surface area contributed by atoms with Gasteiger partial charge in [0, 0.05) is 23.6 Å². The summed E-state index contributed by atoms with van der Waals surface area (Å²) in [6, 6.07) is 2.82. The number of phenolic OH excluding ortho intramolecular Hbond substituents is 1. The van der Waals surface area contributed by atoms with Gasteiger partial charge in [-0.3, -0.25) is 10.2 Å². The first-order valence-electron chi connectivity index (χ1n) is 8.43. The van der Waals surface area contributed by atoms with Gasteiger partial charge in [0.05, 0.1) is 6.04 Å². The highest BCUT2D eigenvalue weighted by Crippen LogP contribution is 2.23. The van der Waals surface area contributed by atoms with E-state index in [2.05, 4.69) is 15.6 Å². The van der Waals surface area contributed by atoms with Crippen molar-refractivity contribution >= 4 is 28.7 Å². The van der Waals surface area contributed by atoms with Gasteiger partial charge >= 0.3 is 5.97 Å². The van der Waals surface area contributed by atoms with Crippen LogP contribution < -0.4 is 22.1 Å². The number of hydrogen-bond acceptors (Lipinski definition) is 5. The number of H-pyrrole nitrogens is 1. The van der Waals surface area contributed by atoms with Gasteiger partial charge in [-0.05, 0) is 43.0 Å². The molecule has 0 aliphatic carbocycles. The third kappa shape index (κ3) is 5.61. The fourth-order valence-electron chi connectivity index (χ4n) is 2.73. The predicted molar refractivity (Wildman–Crippen MR) is 100 cm³/mol. The second-order valence-electron chi connectivity index (χ2n) is 6.24. The third-order valence-electron chi connectivity index (χ3n) is 4.13. The molecule has 1 amide bonds. The Balaban J connectivity index is 1.95. The van der Waals surface area contributed by atoms with Gasteiger partial charge in [0.15, 0.2) is 5.96 Å². The van der Waals surface area contributed by atoms with Crippen LogP contribution in [0.2, 0.25) is 0 Å². The number of nitrogens with one attached hydrogen (secondary N) is 4. The molecule has 27 heavy (non-hydrogen) atoms. The predicted octanol–water partition coefficient (Wildman–Crippen LogP) is -0.424. The fraction of sp³-hybridized carbons (Fsp3) is 0.353. The summed E-state index contributed by atoms with van der Waals surface area (Å²) in [6.07, 6.45) is 2.48. The molecule has 0 spiro atoms.